The van der Waals surface area contributed by atoms with Crippen LogP contribution in [0.4, 0.5) is 0 Å². The van der Waals surface area contributed by atoms with Crippen LogP contribution in [-0.4, -0.2) is 37.2 Å². The molecule has 2 rings (SSSR count). The molecule has 1 aromatic carbocycles. The van der Waals surface area contributed by atoms with Crippen LogP contribution in [0, 0.1) is 0 Å². The van der Waals surface area contributed by atoms with E-state index in [4.69, 9.17) is 9.47 Å². The molecular formula is C27H39N2O3S+. The SMILES string of the molecule is CCC(C)(CC)SCCNC(=O)CCC[n+]1ccc(C=Cc2cccc(OC)c2OC)cc1. The minimum atomic E-state index is 0.137. The Labute approximate surface area is 203 Å². The second kappa shape index (κ2) is 13.9. The normalized spacial score (nSPS) is 11.5. The lowest BCUT2D eigenvalue weighted by Crippen LogP contribution is -2.34. The molecule has 6 heteroatoms. The first-order chi connectivity index (χ1) is 15.9. The number of carbonyl (C=O) groups excluding carboxylic acids is 1. The molecule has 0 saturated carbocycles. The van der Waals surface area contributed by atoms with Crippen LogP contribution >= 0.6 is 11.8 Å². The van der Waals surface area contributed by atoms with Gasteiger partial charge in [-0.3, -0.25) is 4.79 Å². The minimum Gasteiger partial charge on any atom is -0.493 e. The summed E-state index contributed by atoms with van der Waals surface area (Å²) in [7, 11) is 3.29. The van der Waals surface area contributed by atoms with Gasteiger partial charge < -0.3 is 14.8 Å². The van der Waals surface area contributed by atoms with Gasteiger partial charge in [-0.05, 0) is 24.5 Å². The zero-order chi connectivity index (χ0) is 24.1. The molecule has 1 N–H and O–H groups in total. The first kappa shape index (κ1) is 26.8. The van der Waals surface area contributed by atoms with E-state index in [1.54, 1.807) is 14.2 Å². The van der Waals surface area contributed by atoms with Crippen molar-refractivity contribution < 1.29 is 18.8 Å². The van der Waals surface area contributed by atoms with E-state index in [1.807, 2.05) is 48.4 Å². The predicted molar refractivity (Wildman–Crippen MR) is 139 cm³/mol. The van der Waals surface area contributed by atoms with Crippen molar-refractivity contribution in [2.24, 2.45) is 0 Å². The molecule has 1 aromatic heterocycles. The van der Waals surface area contributed by atoms with Crippen LogP contribution in [0.5, 0.6) is 11.5 Å². The largest absolute Gasteiger partial charge is 0.493 e. The summed E-state index contributed by atoms with van der Waals surface area (Å²) >= 11 is 1.96. The van der Waals surface area contributed by atoms with Crippen LogP contribution in [0.25, 0.3) is 12.2 Å². The number of ether oxygens (including phenoxy) is 2. The summed E-state index contributed by atoms with van der Waals surface area (Å²) in [5.74, 6) is 2.55. The van der Waals surface area contributed by atoms with Crippen LogP contribution in [0.15, 0.2) is 42.7 Å². The predicted octanol–water partition coefficient (Wildman–Crippen LogP) is 5.37. The molecule has 0 aliphatic heterocycles. The van der Waals surface area contributed by atoms with E-state index in [9.17, 15) is 4.79 Å². The summed E-state index contributed by atoms with van der Waals surface area (Å²) < 4.78 is 13.3. The zero-order valence-corrected chi connectivity index (χ0v) is 21.5. The molecule has 0 saturated heterocycles. The van der Waals surface area contributed by atoms with Gasteiger partial charge in [0.15, 0.2) is 23.9 Å². The molecule has 0 aliphatic rings. The van der Waals surface area contributed by atoms with E-state index in [0.717, 1.165) is 55.0 Å². The highest BCUT2D eigenvalue weighted by Crippen LogP contribution is 2.32. The number of para-hydroxylation sites is 1. The fraction of sp³-hybridized carbons (Fsp3) is 0.481. The monoisotopic (exact) mass is 471 g/mol. The average Bonchev–Trinajstić information content (AvgIpc) is 2.85. The summed E-state index contributed by atoms with van der Waals surface area (Å²) in [5.41, 5.74) is 2.06. The number of pyridine rings is 1. The number of hydrogen-bond acceptors (Lipinski definition) is 4. The molecule has 5 nitrogen and oxygen atoms in total. The number of rotatable bonds is 14. The molecule has 33 heavy (non-hydrogen) atoms. The van der Waals surface area contributed by atoms with E-state index < -0.39 is 0 Å². The maximum Gasteiger partial charge on any atom is 0.220 e. The Bertz CT molecular complexity index is 893. The molecule has 180 valence electrons. The maximum absolute atomic E-state index is 12.1. The fourth-order valence-electron chi connectivity index (χ4n) is 3.41. The molecule has 0 unspecified atom stereocenters. The first-order valence-electron chi connectivity index (χ1n) is 11.7. The number of nitrogens with one attached hydrogen (secondary N) is 1. The summed E-state index contributed by atoms with van der Waals surface area (Å²) in [4.78, 5) is 12.1. The maximum atomic E-state index is 12.1. The Morgan fingerprint density at radius 2 is 1.82 bits per heavy atom. The molecule has 0 radical (unpaired) electrons. The standard InChI is InChI=1S/C27H38N2O3S/c1-6-27(3,7-2)33-21-17-28-25(30)12-9-18-29-19-15-22(16-20-29)13-14-23-10-8-11-24(31-4)26(23)32-5/h8,10-11,13-16,19-20H,6-7,9,12,17-18,21H2,1-5H3/p+1. The molecule has 0 aliphatic carbocycles. The quantitative estimate of drug-likeness (QED) is 0.297. The van der Waals surface area contributed by atoms with E-state index in [2.05, 4.69) is 48.9 Å². The summed E-state index contributed by atoms with van der Waals surface area (Å²) in [5, 5.41) is 3.05. The summed E-state index contributed by atoms with van der Waals surface area (Å²) in [6, 6.07) is 9.96. The lowest BCUT2D eigenvalue weighted by Gasteiger charge is -2.25. The third kappa shape index (κ3) is 8.77. The molecule has 0 spiro atoms. The van der Waals surface area contributed by atoms with Crippen molar-refractivity contribution in [2.45, 2.75) is 57.7 Å². The number of aryl methyl sites for hydroxylation is 1. The first-order valence-corrected chi connectivity index (χ1v) is 12.7. The van der Waals surface area contributed by atoms with E-state index >= 15 is 0 Å². The van der Waals surface area contributed by atoms with Crippen molar-refractivity contribution in [3.05, 3.63) is 53.9 Å². The van der Waals surface area contributed by atoms with Gasteiger partial charge in [0.2, 0.25) is 5.91 Å². The van der Waals surface area contributed by atoms with Gasteiger partial charge in [-0.2, -0.15) is 11.8 Å². The fourth-order valence-corrected chi connectivity index (χ4v) is 4.52. The number of amides is 1. The number of methoxy groups -OCH3 is 2. The topological polar surface area (TPSA) is 51.4 Å². The van der Waals surface area contributed by atoms with Crippen LogP contribution < -0.4 is 19.4 Å². The van der Waals surface area contributed by atoms with E-state index in [1.165, 1.54) is 0 Å². The van der Waals surface area contributed by atoms with Crippen LogP contribution in [0.1, 0.15) is 57.6 Å². The van der Waals surface area contributed by atoms with E-state index in [-0.39, 0.29) is 5.91 Å². The number of aromatic nitrogens is 1. The number of thioether (sulfide) groups is 1. The average molecular weight is 472 g/mol. The Kier molecular flexibility index (Phi) is 11.3. The molecule has 0 atom stereocenters. The van der Waals surface area contributed by atoms with Crippen molar-refractivity contribution in [1.29, 1.82) is 0 Å². The zero-order valence-electron chi connectivity index (χ0n) is 20.7. The van der Waals surface area contributed by atoms with Crippen molar-refractivity contribution in [2.75, 3.05) is 26.5 Å². The Morgan fingerprint density at radius 1 is 1.09 bits per heavy atom. The van der Waals surface area contributed by atoms with Crippen molar-refractivity contribution in [1.82, 2.24) is 5.32 Å². The highest BCUT2D eigenvalue weighted by Gasteiger charge is 2.19. The minimum absolute atomic E-state index is 0.137. The molecule has 0 bridgehead atoms. The lowest BCUT2D eigenvalue weighted by molar-refractivity contribution is -0.697. The second-order valence-corrected chi connectivity index (χ2v) is 9.93. The van der Waals surface area contributed by atoms with Gasteiger partial charge in [0, 0.05) is 47.6 Å². The van der Waals surface area contributed by atoms with Gasteiger partial charge in [0.05, 0.1) is 14.2 Å². The van der Waals surface area contributed by atoms with Crippen LogP contribution in [0.3, 0.4) is 0 Å². The van der Waals surface area contributed by atoms with Gasteiger partial charge in [0.1, 0.15) is 6.54 Å². The second-order valence-electron chi connectivity index (χ2n) is 8.24. The van der Waals surface area contributed by atoms with Gasteiger partial charge in [-0.1, -0.05) is 45.1 Å². The molecule has 2 aromatic rings. The van der Waals surface area contributed by atoms with Crippen LogP contribution in [-0.2, 0) is 11.3 Å². The number of carbonyl (C=O) groups is 1. The summed E-state index contributed by atoms with van der Waals surface area (Å²) in [6.45, 7) is 8.32. The van der Waals surface area contributed by atoms with Crippen molar-refractivity contribution in [3.8, 4) is 11.5 Å². The molecule has 1 amide bonds. The Balaban J connectivity index is 1.75. The van der Waals surface area contributed by atoms with Crippen LogP contribution in [0.2, 0.25) is 0 Å². The Morgan fingerprint density at radius 3 is 2.45 bits per heavy atom. The molecule has 1 heterocycles. The third-order valence-corrected chi connectivity index (χ3v) is 7.68. The third-order valence-electron chi connectivity index (χ3n) is 6.00. The smallest absolute Gasteiger partial charge is 0.220 e. The molecule has 0 fully saturated rings. The van der Waals surface area contributed by atoms with E-state index in [0.29, 0.717) is 16.9 Å². The van der Waals surface area contributed by atoms with Gasteiger partial charge in [-0.15, -0.1) is 0 Å². The van der Waals surface area contributed by atoms with Crippen molar-refractivity contribution >= 4 is 29.8 Å². The number of nitrogens with zero attached hydrogens (tertiary/aromatic N) is 1. The highest BCUT2D eigenvalue weighted by molar-refractivity contribution is 8.00. The van der Waals surface area contributed by atoms with Gasteiger partial charge in [0.25, 0.3) is 0 Å². The lowest BCUT2D eigenvalue weighted by atomic mass is 10.1. The Hall–Kier alpha value is -2.47. The number of hydrogen-bond donors (Lipinski definition) is 1. The van der Waals surface area contributed by atoms with Gasteiger partial charge in [-0.25, -0.2) is 4.57 Å². The van der Waals surface area contributed by atoms with Gasteiger partial charge >= 0.3 is 0 Å². The van der Waals surface area contributed by atoms with Crippen molar-refractivity contribution in [3.63, 3.8) is 0 Å². The highest BCUT2D eigenvalue weighted by atomic mass is 32.2. The summed E-state index contributed by atoms with van der Waals surface area (Å²) in [6.07, 6.45) is 11.9. The number of benzene rings is 1. The molecular weight excluding hydrogens is 432 g/mol.